The van der Waals surface area contributed by atoms with Crippen LogP contribution in [0.3, 0.4) is 0 Å². The van der Waals surface area contributed by atoms with Gasteiger partial charge in [0.15, 0.2) is 0 Å². The Morgan fingerprint density at radius 3 is 3.16 bits per heavy atom. The fourth-order valence-corrected chi connectivity index (χ4v) is 2.39. The van der Waals surface area contributed by atoms with Crippen molar-refractivity contribution < 1.29 is 14.3 Å². The van der Waals surface area contributed by atoms with E-state index in [0.717, 1.165) is 17.7 Å². The second-order valence-corrected chi connectivity index (χ2v) is 4.90. The van der Waals surface area contributed by atoms with Crippen molar-refractivity contribution in [2.45, 2.75) is 18.9 Å². The standard InChI is InChI=1S/C14H18ClNO3/c1-18-9-12(4-6-15)16-14(17)11-2-3-13-10(8-11)5-7-19-13/h2-3,8,12H,4-7,9H2,1H3,(H,16,17). The predicted octanol–water partition coefficient (Wildman–Crippen LogP) is 2.00. The van der Waals surface area contributed by atoms with Crippen LogP contribution in [-0.2, 0) is 11.2 Å². The van der Waals surface area contributed by atoms with E-state index in [1.807, 2.05) is 12.1 Å². The van der Waals surface area contributed by atoms with Crippen molar-refractivity contribution >= 4 is 17.5 Å². The van der Waals surface area contributed by atoms with Gasteiger partial charge in [-0.1, -0.05) is 0 Å². The van der Waals surface area contributed by atoms with Crippen LogP contribution in [-0.4, -0.2) is 38.2 Å². The van der Waals surface area contributed by atoms with Crippen molar-refractivity contribution in [3.63, 3.8) is 0 Å². The molecular weight excluding hydrogens is 266 g/mol. The van der Waals surface area contributed by atoms with Gasteiger partial charge < -0.3 is 14.8 Å². The third-order valence-corrected chi connectivity index (χ3v) is 3.33. The van der Waals surface area contributed by atoms with Gasteiger partial charge in [-0.15, -0.1) is 11.6 Å². The first-order valence-corrected chi connectivity index (χ1v) is 6.89. The van der Waals surface area contributed by atoms with Crippen LogP contribution in [0.5, 0.6) is 5.75 Å². The molecule has 0 saturated heterocycles. The number of methoxy groups -OCH3 is 1. The maximum Gasteiger partial charge on any atom is 0.251 e. The van der Waals surface area contributed by atoms with Crippen molar-refractivity contribution in [1.82, 2.24) is 5.32 Å². The molecule has 104 valence electrons. The molecule has 1 N–H and O–H groups in total. The molecule has 0 bridgehead atoms. The molecule has 1 atom stereocenters. The zero-order chi connectivity index (χ0) is 13.7. The van der Waals surface area contributed by atoms with E-state index in [1.165, 1.54) is 0 Å². The summed E-state index contributed by atoms with van der Waals surface area (Å²) in [5.41, 5.74) is 1.74. The van der Waals surface area contributed by atoms with Crippen LogP contribution >= 0.6 is 11.6 Å². The Morgan fingerprint density at radius 2 is 2.42 bits per heavy atom. The van der Waals surface area contributed by atoms with Crippen molar-refractivity contribution in [1.29, 1.82) is 0 Å². The van der Waals surface area contributed by atoms with Gasteiger partial charge in [0.2, 0.25) is 0 Å². The summed E-state index contributed by atoms with van der Waals surface area (Å²) in [6, 6.07) is 5.47. The summed E-state index contributed by atoms with van der Waals surface area (Å²) in [4.78, 5) is 12.2. The Balaban J connectivity index is 2.02. The van der Waals surface area contributed by atoms with Crippen LogP contribution < -0.4 is 10.1 Å². The summed E-state index contributed by atoms with van der Waals surface area (Å²) in [5, 5.41) is 2.94. The Morgan fingerprint density at radius 1 is 1.58 bits per heavy atom. The number of fused-ring (bicyclic) bond motifs is 1. The third-order valence-electron chi connectivity index (χ3n) is 3.11. The molecule has 1 amide bonds. The molecule has 1 heterocycles. The molecule has 2 rings (SSSR count). The maximum absolute atomic E-state index is 12.2. The Labute approximate surface area is 118 Å². The maximum atomic E-state index is 12.2. The van der Waals surface area contributed by atoms with E-state index >= 15 is 0 Å². The Bertz CT molecular complexity index is 444. The monoisotopic (exact) mass is 283 g/mol. The molecule has 5 heteroatoms. The molecule has 1 aromatic carbocycles. The van der Waals surface area contributed by atoms with Gasteiger partial charge in [-0.3, -0.25) is 4.79 Å². The largest absolute Gasteiger partial charge is 0.493 e. The van der Waals surface area contributed by atoms with Crippen LogP contribution in [0.2, 0.25) is 0 Å². The number of hydrogen-bond donors (Lipinski definition) is 1. The smallest absolute Gasteiger partial charge is 0.251 e. The van der Waals surface area contributed by atoms with Gasteiger partial charge in [0.1, 0.15) is 5.75 Å². The zero-order valence-corrected chi connectivity index (χ0v) is 11.7. The normalized spacial score (nSPS) is 14.6. The average Bonchev–Trinajstić information content (AvgIpc) is 2.86. The third kappa shape index (κ3) is 3.61. The van der Waals surface area contributed by atoms with Gasteiger partial charge in [0, 0.05) is 25.0 Å². The van der Waals surface area contributed by atoms with E-state index in [9.17, 15) is 4.79 Å². The highest BCUT2D eigenvalue weighted by atomic mass is 35.5. The SMILES string of the molecule is COCC(CCCl)NC(=O)c1ccc2c(c1)CCO2. The highest BCUT2D eigenvalue weighted by molar-refractivity contribution is 6.17. The number of rotatable bonds is 6. The van der Waals surface area contributed by atoms with Gasteiger partial charge in [0.25, 0.3) is 5.91 Å². The molecular formula is C14H18ClNO3. The van der Waals surface area contributed by atoms with E-state index in [-0.39, 0.29) is 11.9 Å². The highest BCUT2D eigenvalue weighted by Gasteiger charge is 2.17. The second-order valence-electron chi connectivity index (χ2n) is 4.52. The van der Waals surface area contributed by atoms with Gasteiger partial charge in [-0.25, -0.2) is 0 Å². The van der Waals surface area contributed by atoms with Gasteiger partial charge in [-0.05, 0) is 30.2 Å². The van der Waals surface area contributed by atoms with Gasteiger partial charge in [0.05, 0.1) is 19.3 Å². The van der Waals surface area contributed by atoms with E-state index in [0.29, 0.717) is 31.1 Å². The molecule has 19 heavy (non-hydrogen) atoms. The number of halogens is 1. The summed E-state index contributed by atoms with van der Waals surface area (Å²) >= 11 is 5.71. The summed E-state index contributed by atoms with van der Waals surface area (Å²) < 4.78 is 10.5. The summed E-state index contributed by atoms with van der Waals surface area (Å²) in [5.74, 6) is 1.28. The minimum atomic E-state index is -0.0955. The lowest BCUT2D eigenvalue weighted by Gasteiger charge is -2.17. The molecule has 4 nitrogen and oxygen atoms in total. The van der Waals surface area contributed by atoms with Crippen LogP contribution in [0.15, 0.2) is 18.2 Å². The van der Waals surface area contributed by atoms with E-state index in [4.69, 9.17) is 21.1 Å². The minimum absolute atomic E-state index is 0.0560. The summed E-state index contributed by atoms with van der Waals surface area (Å²) in [6.07, 6.45) is 1.55. The first-order valence-electron chi connectivity index (χ1n) is 6.36. The van der Waals surface area contributed by atoms with Gasteiger partial charge in [-0.2, -0.15) is 0 Å². The lowest BCUT2D eigenvalue weighted by Crippen LogP contribution is -2.38. The van der Waals surface area contributed by atoms with Crippen LogP contribution in [0, 0.1) is 0 Å². The number of amides is 1. The zero-order valence-electron chi connectivity index (χ0n) is 10.9. The molecule has 0 saturated carbocycles. The van der Waals surface area contributed by atoms with Crippen LogP contribution in [0.4, 0.5) is 0 Å². The fraction of sp³-hybridized carbons (Fsp3) is 0.500. The predicted molar refractivity (Wildman–Crippen MR) is 74.1 cm³/mol. The molecule has 0 aliphatic carbocycles. The number of nitrogens with one attached hydrogen (secondary N) is 1. The van der Waals surface area contributed by atoms with Crippen molar-refractivity contribution in [3.8, 4) is 5.75 Å². The van der Waals surface area contributed by atoms with Crippen molar-refractivity contribution in [2.75, 3.05) is 26.2 Å². The fourth-order valence-electron chi connectivity index (χ4n) is 2.13. The first kappa shape index (κ1) is 14.2. The van der Waals surface area contributed by atoms with Crippen LogP contribution in [0.1, 0.15) is 22.3 Å². The topological polar surface area (TPSA) is 47.6 Å². The van der Waals surface area contributed by atoms with E-state index in [1.54, 1.807) is 13.2 Å². The molecule has 1 aliphatic heterocycles. The summed E-state index contributed by atoms with van der Waals surface area (Å²) in [7, 11) is 1.61. The minimum Gasteiger partial charge on any atom is -0.493 e. The lowest BCUT2D eigenvalue weighted by molar-refractivity contribution is 0.0895. The molecule has 0 spiro atoms. The molecule has 1 aromatic rings. The number of alkyl halides is 1. The molecule has 0 radical (unpaired) electrons. The molecule has 0 aromatic heterocycles. The van der Waals surface area contributed by atoms with E-state index in [2.05, 4.69) is 5.32 Å². The number of ether oxygens (including phenoxy) is 2. The molecule has 1 aliphatic rings. The molecule has 0 fully saturated rings. The number of carbonyl (C=O) groups is 1. The number of carbonyl (C=O) groups excluding carboxylic acids is 1. The van der Waals surface area contributed by atoms with Crippen molar-refractivity contribution in [2.24, 2.45) is 0 Å². The van der Waals surface area contributed by atoms with E-state index < -0.39 is 0 Å². The van der Waals surface area contributed by atoms with Crippen LogP contribution in [0.25, 0.3) is 0 Å². The molecule has 1 unspecified atom stereocenters. The summed E-state index contributed by atoms with van der Waals surface area (Å²) in [6.45, 7) is 1.16. The number of hydrogen-bond acceptors (Lipinski definition) is 3. The van der Waals surface area contributed by atoms with Crippen molar-refractivity contribution in [3.05, 3.63) is 29.3 Å². The first-order chi connectivity index (χ1) is 9.24. The lowest BCUT2D eigenvalue weighted by atomic mass is 10.1. The quantitative estimate of drug-likeness (QED) is 0.812. The second kappa shape index (κ2) is 6.78. The average molecular weight is 284 g/mol. The Kier molecular flexibility index (Phi) is 5.05. The highest BCUT2D eigenvalue weighted by Crippen LogP contribution is 2.25. The number of benzene rings is 1. The Hall–Kier alpha value is -1.26. The van der Waals surface area contributed by atoms with Gasteiger partial charge >= 0.3 is 0 Å².